The van der Waals surface area contributed by atoms with Crippen LogP contribution in [0.2, 0.25) is 0 Å². The van der Waals surface area contributed by atoms with Crippen LogP contribution in [0.3, 0.4) is 0 Å². The van der Waals surface area contributed by atoms with Crippen molar-refractivity contribution in [2.24, 2.45) is 0 Å². The van der Waals surface area contributed by atoms with Crippen LogP contribution in [-0.4, -0.2) is 21.7 Å². The minimum atomic E-state index is -0.802. The summed E-state index contributed by atoms with van der Waals surface area (Å²) in [6, 6.07) is 10.4. The van der Waals surface area contributed by atoms with Crippen molar-refractivity contribution in [1.29, 1.82) is 0 Å². The number of benzene rings is 1. The van der Waals surface area contributed by atoms with Crippen molar-refractivity contribution in [2.45, 2.75) is 19.5 Å². The lowest BCUT2D eigenvalue weighted by Crippen LogP contribution is -2.28. The smallest absolute Gasteiger partial charge is 0.296 e. The fourth-order valence-electron chi connectivity index (χ4n) is 3.25. The summed E-state index contributed by atoms with van der Waals surface area (Å²) in [5.41, 5.74) is 0.521. The van der Waals surface area contributed by atoms with Crippen LogP contribution >= 0.6 is 11.3 Å². The molecule has 7 heteroatoms. The van der Waals surface area contributed by atoms with Gasteiger partial charge in [-0.25, -0.2) is 4.39 Å². The van der Waals surface area contributed by atoms with Gasteiger partial charge in [0.2, 0.25) is 0 Å². The number of furan rings is 1. The second-order valence-corrected chi connectivity index (χ2v) is 7.47. The lowest BCUT2D eigenvalue weighted by Gasteiger charge is -2.23. The normalized spacial score (nSPS) is 18.8. The van der Waals surface area contributed by atoms with Gasteiger partial charge in [-0.2, -0.15) is 0 Å². The highest BCUT2D eigenvalue weighted by Crippen LogP contribution is 2.41. The van der Waals surface area contributed by atoms with Gasteiger partial charge in [0, 0.05) is 10.4 Å². The topological polar surface area (TPSA) is 70.8 Å². The van der Waals surface area contributed by atoms with E-state index in [-0.39, 0.29) is 17.7 Å². The third-order valence-corrected chi connectivity index (χ3v) is 5.63. The maximum Gasteiger partial charge on any atom is 0.296 e. The molecule has 1 saturated heterocycles. The van der Waals surface area contributed by atoms with E-state index < -0.39 is 29.3 Å². The molecular formula is C21H16FNO4S. The number of ketones is 1. The molecule has 1 fully saturated rings. The Morgan fingerprint density at radius 3 is 2.71 bits per heavy atom. The van der Waals surface area contributed by atoms with Gasteiger partial charge in [-0.1, -0.05) is 18.2 Å². The average Bonchev–Trinajstić information content (AvgIpc) is 3.42. The number of halogens is 1. The Bertz CT molecular complexity index is 1070. The number of aliphatic hydroxyl groups excluding tert-OH is 1. The summed E-state index contributed by atoms with van der Waals surface area (Å²) in [5, 5.41) is 12.7. The number of aryl methyl sites for hydroxylation is 1. The molecule has 142 valence electrons. The first-order valence-corrected chi connectivity index (χ1v) is 9.46. The minimum Gasteiger partial charge on any atom is -0.507 e. The Hall–Kier alpha value is -3.19. The fourth-order valence-corrected chi connectivity index (χ4v) is 4.10. The van der Waals surface area contributed by atoms with Gasteiger partial charge in [0.15, 0.2) is 0 Å². The molecule has 3 aromatic rings. The summed E-state index contributed by atoms with van der Waals surface area (Å²) >= 11 is 1.37. The van der Waals surface area contributed by atoms with Gasteiger partial charge in [0.05, 0.1) is 18.4 Å². The number of rotatable bonds is 4. The highest BCUT2D eigenvalue weighted by Gasteiger charge is 2.46. The van der Waals surface area contributed by atoms with E-state index >= 15 is 0 Å². The van der Waals surface area contributed by atoms with Crippen LogP contribution < -0.4 is 0 Å². The summed E-state index contributed by atoms with van der Waals surface area (Å²) in [6.07, 6.45) is 1.49. The lowest BCUT2D eigenvalue weighted by molar-refractivity contribution is -0.140. The molecule has 0 spiro atoms. The Balaban J connectivity index is 1.85. The van der Waals surface area contributed by atoms with Gasteiger partial charge in [-0.15, -0.1) is 11.3 Å². The fraction of sp³-hybridized carbons (Fsp3) is 0.143. The molecule has 1 atom stereocenters. The number of Topliss-reactive ketones (excluding diaryl/α,β-unsaturated/α-hetero) is 1. The van der Waals surface area contributed by atoms with E-state index in [2.05, 4.69) is 0 Å². The molecule has 0 radical (unpaired) electrons. The first kappa shape index (κ1) is 18.2. The van der Waals surface area contributed by atoms with E-state index in [1.807, 2.05) is 5.38 Å². The molecule has 1 amide bonds. The van der Waals surface area contributed by atoms with E-state index in [0.717, 1.165) is 10.9 Å². The molecule has 0 aliphatic carbocycles. The summed E-state index contributed by atoms with van der Waals surface area (Å²) in [6.45, 7) is 1.69. The van der Waals surface area contributed by atoms with Gasteiger partial charge >= 0.3 is 0 Å². The van der Waals surface area contributed by atoms with Crippen molar-refractivity contribution in [3.8, 4) is 0 Å². The van der Waals surface area contributed by atoms with E-state index in [1.165, 1.54) is 34.6 Å². The van der Waals surface area contributed by atoms with Crippen LogP contribution in [0.5, 0.6) is 0 Å². The Labute approximate surface area is 164 Å². The van der Waals surface area contributed by atoms with Crippen LogP contribution in [0.15, 0.2) is 64.1 Å². The second-order valence-electron chi connectivity index (χ2n) is 6.49. The zero-order chi connectivity index (χ0) is 19.8. The number of hydrogen-bond acceptors (Lipinski definition) is 5. The molecule has 4 rings (SSSR count). The summed E-state index contributed by atoms with van der Waals surface area (Å²) in [5.74, 6) is -1.91. The molecule has 3 heterocycles. The molecule has 1 N–H and O–H groups in total. The second kappa shape index (κ2) is 7.09. The van der Waals surface area contributed by atoms with Crippen molar-refractivity contribution in [1.82, 2.24) is 4.90 Å². The molecule has 0 unspecified atom stereocenters. The van der Waals surface area contributed by atoms with E-state index in [0.29, 0.717) is 11.3 Å². The van der Waals surface area contributed by atoms with Crippen LogP contribution in [0, 0.1) is 12.7 Å². The Morgan fingerprint density at radius 2 is 2.07 bits per heavy atom. The Morgan fingerprint density at radius 1 is 1.25 bits per heavy atom. The standard InChI is InChI=1S/C21H16FNO4S/c1-12-6-7-13(10-15(12)22)19(24)17-18(16-5-3-9-28-16)23(21(26)20(17)25)11-14-4-2-8-27-14/h2-10,18,24H,11H2,1H3/t18-/m1/s1. The highest BCUT2D eigenvalue weighted by molar-refractivity contribution is 7.10. The summed E-state index contributed by atoms with van der Waals surface area (Å²) < 4.78 is 19.3. The number of thiophene rings is 1. The predicted molar refractivity (Wildman–Crippen MR) is 102 cm³/mol. The quantitative estimate of drug-likeness (QED) is 0.402. The molecule has 1 aliphatic rings. The number of carbonyl (C=O) groups is 2. The third-order valence-electron chi connectivity index (χ3n) is 4.70. The molecule has 1 aromatic carbocycles. The van der Waals surface area contributed by atoms with E-state index in [9.17, 15) is 19.1 Å². The Kier molecular flexibility index (Phi) is 4.60. The molecule has 0 bridgehead atoms. The third kappa shape index (κ3) is 3.03. The monoisotopic (exact) mass is 397 g/mol. The number of amides is 1. The SMILES string of the molecule is Cc1ccc(C(O)=C2C(=O)C(=O)N(Cc3ccco3)[C@@H]2c2cccs2)cc1F. The molecular weight excluding hydrogens is 381 g/mol. The zero-order valence-electron chi connectivity index (χ0n) is 14.9. The highest BCUT2D eigenvalue weighted by atomic mass is 32.1. The number of nitrogens with zero attached hydrogens (tertiary/aromatic N) is 1. The van der Waals surface area contributed by atoms with Crippen LogP contribution in [0.1, 0.15) is 27.8 Å². The zero-order valence-corrected chi connectivity index (χ0v) is 15.7. The van der Waals surface area contributed by atoms with Crippen molar-refractivity contribution in [3.05, 3.63) is 87.3 Å². The molecule has 5 nitrogen and oxygen atoms in total. The minimum absolute atomic E-state index is 0.0535. The number of hydrogen-bond donors (Lipinski definition) is 1. The average molecular weight is 397 g/mol. The molecule has 1 aliphatic heterocycles. The number of likely N-dealkylation sites (tertiary alicyclic amines) is 1. The number of carbonyl (C=O) groups excluding carboxylic acids is 2. The first-order valence-electron chi connectivity index (χ1n) is 8.58. The van der Waals surface area contributed by atoms with Crippen LogP contribution in [0.4, 0.5) is 4.39 Å². The molecule has 28 heavy (non-hydrogen) atoms. The van der Waals surface area contributed by atoms with Crippen molar-refractivity contribution in [2.75, 3.05) is 0 Å². The van der Waals surface area contributed by atoms with E-state index in [1.54, 1.807) is 31.2 Å². The van der Waals surface area contributed by atoms with Gasteiger partial charge in [0.1, 0.15) is 23.4 Å². The van der Waals surface area contributed by atoms with E-state index in [4.69, 9.17) is 4.42 Å². The number of aliphatic hydroxyl groups is 1. The van der Waals surface area contributed by atoms with Gasteiger partial charge in [0.25, 0.3) is 11.7 Å². The van der Waals surface area contributed by atoms with Crippen molar-refractivity contribution < 1.29 is 23.5 Å². The summed E-state index contributed by atoms with van der Waals surface area (Å²) in [4.78, 5) is 27.6. The van der Waals surface area contributed by atoms with Gasteiger partial charge < -0.3 is 14.4 Å². The maximum absolute atomic E-state index is 14.0. The largest absolute Gasteiger partial charge is 0.507 e. The van der Waals surface area contributed by atoms with Crippen LogP contribution in [0.25, 0.3) is 5.76 Å². The van der Waals surface area contributed by atoms with Crippen molar-refractivity contribution in [3.63, 3.8) is 0 Å². The van der Waals surface area contributed by atoms with Crippen molar-refractivity contribution >= 4 is 28.8 Å². The van der Waals surface area contributed by atoms with Gasteiger partial charge in [-0.05, 0) is 42.1 Å². The first-order chi connectivity index (χ1) is 13.5. The summed E-state index contributed by atoms with van der Waals surface area (Å²) in [7, 11) is 0. The molecule has 2 aromatic heterocycles. The lowest BCUT2D eigenvalue weighted by atomic mass is 9.99. The van der Waals surface area contributed by atoms with Gasteiger partial charge in [-0.3, -0.25) is 9.59 Å². The molecule has 0 saturated carbocycles. The predicted octanol–water partition coefficient (Wildman–Crippen LogP) is 4.41. The maximum atomic E-state index is 14.0. The van der Waals surface area contributed by atoms with Crippen LogP contribution in [-0.2, 0) is 16.1 Å².